The summed E-state index contributed by atoms with van der Waals surface area (Å²) in [4.78, 5) is 17.0. The number of hydrogen-bond donors (Lipinski definition) is 3. The zero-order valence-electron chi connectivity index (χ0n) is 17.0. The lowest BCUT2D eigenvalue weighted by atomic mass is 10.2. The van der Waals surface area contributed by atoms with Crippen molar-refractivity contribution in [3.63, 3.8) is 0 Å². The molecule has 7 nitrogen and oxygen atoms in total. The van der Waals surface area contributed by atoms with Gasteiger partial charge in [0.05, 0.1) is 12.2 Å². The van der Waals surface area contributed by atoms with Gasteiger partial charge in [0.15, 0.2) is 0 Å². The van der Waals surface area contributed by atoms with E-state index in [1.165, 1.54) is 39.7 Å². The molecule has 1 aliphatic carbocycles. The number of nitrogens with two attached hydrogens (primary N) is 2. The molecule has 0 spiro atoms. The van der Waals surface area contributed by atoms with Crippen molar-refractivity contribution in [2.75, 3.05) is 0 Å². The molecule has 3 aromatic heterocycles. The molecule has 5 rings (SSSR count). The summed E-state index contributed by atoms with van der Waals surface area (Å²) in [6, 6.07) is 12.4. The number of nitrogens with one attached hydrogen (secondary N) is 1. The van der Waals surface area contributed by atoms with E-state index < -0.39 is 0 Å². The maximum absolute atomic E-state index is 12.4. The largest absolute Gasteiger partial charge is 0.393 e. The van der Waals surface area contributed by atoms with Crippen LogP contribution in [0.25, 0.3) is 15.7 Å². The van der Waals surface area contributed by atoms with Crippen LogP contribution in [0.1, 0.15) is 35.6 Å². The van der Waals surface area contributed by atoms with Gasteiger partial charge in [-0.25, -0.2) is 10.8 Å². The Hall–Kier alpha value is -3.36. The van der Waals surface area contributed by atoms with Crippen molar-refractivity contribution in [1.82, 2.24) is 19.7 Å². The second-order valence-electron chi connectivity index (χ2n) is 7.97. The first-order valence-electron chi connectivity index (χ1n) is 10.3. The molecule has 0 radical (unpaired) electrons. The fourth-order valence-corrected chi connectivity index (χ4v) is 4.51. The molecule has 158 valence electrons. The van der Waals surface area contributed by atoms with E-state index in [2.05, 4.69) is 46.1 Å². The Labute approximate surface area is 183 Å². The summed E-state index contributed by atoms with van der Waals surface area (Å²) in [6.07, 6.45) is 8.07. The van der Waals surface area contributed by atoms with Crippen molar-refractivity contribution in [3.8, 4) is 0 Å². The molecule has 1 fully saturated rings. The van der Waals surface area contributed by atoms with Gasteiger partial charge in [-0.3, -0.25) is 4.79 Å². The van der Waals surface area contributed by atoms with Crippen LogP contribution in [0.15, 0.2) is 66.1 Å². The average molecular weight is 433 g/mol. The number of hydrogen-bond acceptors (Lipinski definition) is 6. The van der Waals surface area contributed by atoms with Gasteiger partial charge in [0.1, 0.15) is 11.3 Å². The molecule has 1 amide bonds. The molecule has 0 atom stereocenters. The highest BCUT2D eigenvalue weighted by molar-refractivity contribution is 7.17. The minimum absolute atomic E-state index is 0.0551. The van der Waals surface area contributed by atoms with Crippen molar-refractivity contribution >= 4 is 33.0 Å². The summed E-state index contributed by atoms with van der Waals surface area (Å²) in [7, 11) is 0. The van der Waals surface area contributed by atoms with E-state index in [1.54, 1.807) is 11.3 Å². The highest BCUT2D eigenvalue weighted by Gasteiger charge is 2.23. The van der Waals surface area contributed by atoms with Crippen LogP contribution in [0.5, 0.6) is 0 Å². The van der Waals surface area contributed by atoms with Crippen LogP contribution in [0.3, 0.4) is 0 Å². The SMILES string of the molecule is N/C(=C\N(N)Cc1cn2cc(C3CC3)ccc2n1)C(=O)NCc1ccc2ccsc2c1. The van der Waals surface area contributed by atoms with Gasteiger partial charge >= 0.3 is 0 Å². The van der Waals surface area contributed by atoms with Crippen LogP contribution in [0.4, 0.5) is 0 Å². The fourth-order valence-electron chi connectivity index (χ4n) is 3.66. The van der Waals surface area contributed by atoms with E-state index in [-0.39, 0.29) is 11.6 Å². The lowest BCUT2D eigenvalue weighted by Crippen LogP contribution is -2.32. The van der Waals surface area contributed by atoms with Crippen molar-refractivity contribution in [1.29, 1.82) is 0 Å². The molecule has 8 heteroatoms. The number of nitrogens with zero attached hydrogens (tertiary/aromatic N) is 3. The standard InChI is InChI=1S/C23H24N6OS/c24-20(23(30)26-10-15-1-2-17-7-8-31-21(17)9-15)14-29(25)13-19-12-28-11-18(16-3-4-16)5-6-22(28)27-19/h1-2,5-9,11-12,14,16H,3-4,10,13,24-25H2,(H,26,30)/b20-14-. The van der Waals surface area contributed by atoms with Crippen LogP contribution >= 0.6 is 11.3 Å². The number of aromatic nitrogens is 2. The van der Waals surface area contributed by atoms with Crippen LogP contribution in [-0.2, 0) is 17.9 Å². The number of pyridine rings is 1. The summed E-state index contributed by atoms with van der Waals surface area (Å²) in [5.41, 5.74) is 10.1. The van der Waals surface area contributed by atoms with E-state index in [1.807, 2.05) is 22.7 Å². The number of rotatable bonds is 7. The number of carbonyl (C=O) groups excluding carboxylic acids is 1. The zero-order chi connectivity index (χ0) is 21.4. The topological polar surface area (TPSA) is 102 Å². The van der Waals surface area contributed by atoms with Crippen molar-refractivity contribution < 1.29 is 4.79 Å². The van der Waals surface area contributed by atoms with Crippen LogP contribution in [0.2, 0.25) is 0 Å². The highest BCUT2D eigenvalue weighted by atomic mass is 32.1. The number of thiophene rings is 1. The molecule has 3 heterocycles. The van der Waals surface area contributed by atoms with E-state index in [4.69, 9.17) is 11.6 Å². The lowest BCUT2D eigenvalue weighted by molar-refractivity contribution is -0.117. The predicted molar refractivity (Wildman–Crippen MR) is 123 cm³/mol. The van der Waals surface area contributed by atoms with Gasteiger partial charge in [0.25, 0.3) is 5.91 Å². The van der Waals surface area contributed by atoms with E-state index in [0.717, 1.165) is 16.9 Å². The van der Waals surface area contributed by atoms with Crippen molar-refractivity contribution in [3.05, 3.63) is 82.9 Å². The van der Waals surface area contributed by atoms with Gasteiger partial charge < -0.3 is 20.5 Å². The number of amides is 1. The first kappa shape index (κ1) is 19.6. The second-order valence-corrected chi connectivity index (χ2v) is 8.91. The van der Waals surface area contributed by atoms with Gasteiger partial charge in [-0.2, -0.15) is 0 Å². The summed E-state index contributed by atoms with van der Waals surface area (Å²) in [5, 5.41) is 7.48. The summed E-state index contributed by atoms with van der Waals surface area (Å²) >= 11 is 1.68. The highest BCUT2D eigenvalue weighted by Crippen LogP contribution is 2.39. The maximum atomic E-state index is 12.4. The second kappa shape index (κ2) is 8.05. The Morgan fingerprint density at radius 2 is 2.13 bits per heavy atom. The number of carbonyl (C=O) groups is 1. The smallest absolute Gasteiger partial charge is 0.268 e. The maximum Gasteiger partial charge on any atom is 0.268 e. The molecule has 4 aromatic rings. The molecule has 0 unspecified atom stereocenters. The first-order valence-corrected chi connectivity index (χ1v) is 11.1. The molecule has 1 aromatic carbocycles. The molecule has 5 N–H and O–H groups in total. The number of hydrazine groups is 1. The predicted octanol–water partition coefficient (Wildman–Crippen LogP) is 3.22. The van der Waals surface area contributed by atoms with Crippen LogP contribution in [0, 0.1) is 0 Å². The van der Waals surface area contributed by atoms with Crippen LogP contribution < -0.4 is 16.9 Å². The summed E-state index contributed by atoms with van der Waals surface area (Å²) in [6.45, 7) is 0.755. The quantitative estimate of drug-likeness (QED) is 0.236. The average Bonchev–Trinajstić information content (AvgIpc) is 3.37. The van der Waals surface area contributed by atoms with Gasteiger partial charge in [0.2, 0.25) is 0 Å². The van der Waals surface area contributed by atoms with Gasteiger partial charge in [-0.1, -0.05) is 18.2 Å². The number of imidazole rings is 1. The Morgan fingerprint density at radius 1 is 1.26 bits per heavy atom. The Bertz CT molecular complexity index is 1290. The van der Waals surface area contributed by atoms with Crippen LogP contribution in [-0.4, -0.2) is 20.3 Å². The normalized spacial score (nSPS) is 14.3. The minimum atomic E-state index is -0.356. The molecule has 1 saturated carbocycles. The third kappa shape index (κ3) is 4.40. The first-order chi connectivity index (χ1) is 15.0. The van der Waals surface area contributed by atoms with Crippen molar-refractivity contribution in [2.45, 2.75) is 31.8 Å². The molecule has 31 heavy (non-hydrogen) atoms. The molecule has 0 bridgehead atoms. The lowest BCUT2D eigenvalue weighted by Gasteiger charge is -2.13. The Balaban J connectivity index is 1.19. The monoisotopic (exact) mass is 432 g/mol. The molecular weight excluding hydrogens is 408 g/mol. The molecule has 1 aliphatic rings. The minimum Gasteiger partial charge on any atom is -0.393 e. The number of benzene rings is 1. The van der Waals surface area contributed by atoms with Gasteiger partial charge in [0, 0.05) is 29.8 Å². The Morgan fingerprint density at radius 3 is 2.97 bits per heavy atom. The molecular formula is C23H24N6OS. The van der Waals surface area contributed by atoms with Gasteiger partial charge in [-0.15, -0.1) is 11.3 Å². The third-order valence-electron chi connectivity index (χ3n) is 5.46. The van der Waals surface area contributed by atoms with E-state index in [0.29, 0.717) is 19.0 Å². The summed E-state index contributed by atoms with van der Waals surface area (Å²) < 4.78 is 3.22. The molecule has 0 aliphatic heterocycles. The Kier molecular flexibility index (Phi) is 5.09. The zero-order valence-corrected chi connectivity index (χ0v) is 17.8. The third-order valence-corrected chi connectivity index (χ3v) is 6.34. The fraction of sp³-hybridized carbons (Fsp3) is 0.217. The summed E-state index contributed by atoms with van der Waals surface area (Å²) in [5.74, 6) is 6.39. The van der Waals surface area contributed by atoms with E-state index >= 15 is 0 Å². The number of fused-ring (bicyclic) bond motifs is 2. The van der Waals surface area contributed by atoms with E-state index in [9.17, 15) is 4.79 Å². The molecule has 0 saturated heterocycles. The van der Waals surface area contributed by atoms with Crippen molar-refractivity contribution in [2.24, 2.45) is 11.6 Å². The van der Waals surface area contributed by atoms with Gasteiger partial charge in [-0.05, 0) is 58.9 Å².